The molecule has 0 amide bonds. The van der Waals surface area contributed by atoms with E-state index in [9.17, 15) is 0 Å². The number of anilines is 1. The van der Waals surface area contributed by atoms with Gasteiger partial charge in [0.2, 0.25) is 0 Å². The van der Waals surface area contributed by atoms with Gasteiger partial charge in [0.05, 0.1) is 9.26 Å². The van der Waals surface area contributed by atoms with Crippen molar-refractivity contribution in [1.29, 1.82) is 0 Å². The number of rotatable bonds is 2. The van der Waals surface area contributed by atoms with Crippen molar-refractivity contribution in [2.24, 2.45) is 0 Å². The molecule has 0 bridgehead atoms. The van der Waals surface area contributed by atoms with Gasteiger partial charge in [-0.25, -0.2) is 9.97 Å². The molecule has 3 rings (SSSR count). The van der Waals surface area contributed by atoms with Crippen molar-refractivity contribution in [3.63, 3.8) is 0 Å². The Morgan fingerprint density at radius 1 is 0.842 bits per heavy atom. The summed E-state index contributed by atoms with van der Waals surface area (Å²) < 4.78 is 1.09. The predicted molar refractivity (Wildman–Crippen MR) is 86.2 cm³/mol. The number of aromatic nitrogens is 2. The van der Waals surface area contributed by atoms with Crippen molar-refractivity contribution in [2.75, 3.05) is 5.73 Å². The molecule has 2 N–H and O–H groups in total. The summed E-state index contributed by atoms with van der Waals surface area (Å²) in [5, 5.41) is 0. The molecule has 0 radical (unpaired) electrons. The SMILES string of the molecule is Nc1nc(C2CCCCCCC2)nc(C2CC2)c1I. The maximum absolute atomic E-state index is 6.11. The van der Waals surface area contributed by atoms with Gasteiger partial charge in [-0.15, -0.1) is 0 Å². The molecule has 0 atom stereocenters. The zero-order chi connectivity index (χ0) is 13.2. The standard InChI is InChI=1S/C15H22IN3/c16-12-13(10-8-9-10)18-15(19-14(12)17)11-6-4-2-1-3-5-7-11/h10-11H,1-9H2,(H2,17,18,19). The van der Waals surface area contributed by atoms with Crippen molar-refractivity contribution in [1.82, 2.24) is 9.97 Å². The summed E-state index contributed by atoms with van der Waals surface area (Å²) in [7, 11) is 0. The molecule has 2 saturated carbocycles. The molecule has 0 saturated heterocycles. The van der Waals surface area contributed by atoms with E-state index in [0.717, 1.165) is 9.39 Å². The molecule has 104 valence electrons. The number of halogens is 1. The number of nitrogens with two attached hydrogens (primary N) is 1. The molecule has 19 heavy (non-hydrogen) atoms. The molecule has 0 aromatic carbocycles. The average Bonchev–Trinajstić information content (AvgIpc) is 3.16. The molecular weight excluding hydrogens is 349 g/mol. The van der Waals surface area contributed by atoms with Crippen molar-refractivity contribution in [2.45, 2.75) is 69.6 Å². The summed E-state index contributed by atoms with van der Waals surface area (Å²) in [6, 6.07) is 0. The molecule has 0 unspecified atom stereocenters. The zero-order valence-corrected chi connectivity index (χ0v) is 13.5. The van der Waals surface area contributed by atoms with E-state index in [1.807, 2.05) is 0 Å². The van der Waals surface area contributed by atoms with Crippen LogP contribution in [0.2, 0.25) is 0 Å². The molecular formula is C15H22IN3. The maximum Gasteiger partial charge on any atom is 0.140 e. The molecule has 3 nitrogen and oxygen atoms in total. The highest BCUT2D eigenvalue weighted by atomic mass is 127. The van der Waals surface area contributed by atoms with Crippen LogP contribution >= 0.6 is 22.6 Å². The fourth-order valence-electron chi connectivity index (χ4n) is 3.03. The normalized spacial score (nSPS) is 21.9. The summed E-state index contributed by atoms with van der Waals surface area (Å²) in [5.41, 5.74) is 7.33. The van der Waals surface area contributed by atoms with E-state index >= 15 is 0 Å². The maximum atomic E-state index is 6.11. The Morgan fingerprint density at radius 3 is 2.11 bits per heavy atom. The first-order chi connectivity index (χ1) is 9.25. The van der Waals surface area contributed by atoms with Crippen molar-refractivity contribution >= 4 is 28.4 Å². The van der Waals surface area contributed by atoms with Gasteiger partial charge in [-0.1, -0.05) is 32.1 Å². The van der Waals surface area contributed by atoms with Gasteiger partial charge < -0.3 is 5.73 Å². The van der Waals surface area contributed by atoms with Gasteiger partial charge in [0.15, 0.2) is 0 Å². The second-order valence-corrected chi connectivity index (χ2v) is 7.06. The molecule has 2 aliphatic carbocycles. The summed E-state index contributed by atoms with van der Waals surface area (Å²) in [6.07, 6.45) is 11.8. The fourth-order valence-corrected chi connectivity index (χ4v) is 3.71. The van der Waals surface area contributed by atoms with Crippen LogP contribution in [-0.2, 0) is 0 Å². The Kier molecular flexibility index (Phi) is 4.24. The van der Waals surface area contributed by atoms with E-state index in [1.54, 1.807) is 0 Å². The first kappa shape index (κ1) is 13.6. The minimum Gasteiger partial charge on any atom is -0.383 e. The van der Waals surface area contributed by atoms with Gasteiger partial charge >= 0.3 is 0 Å². The van der Waals surface area contributed by atoms with E-state index in [0.29, 0.717) is 17.7 Å². The molecule has 1 aromatic rings. The second kappa shape index (κ2) is 5.94. The molecule has 4 heteroatoms. The summed E-state index contributed by atoms with van der Waals surface area (Å²) in [6.45, 7) is 0. The van der Waals surface area contributed by atoms with E-state index in [-0.39, 0.29) is 0 Å². The monoisotopic (exact) mass is 371 g/mol. The zero-order valence-electron chi connectivity index (χ0n) is 11.4. The highest BCUT2D eigenvalue weighted by molar-refractivity contribution is 14.1. The molecule has 2 aliphatic rings. The quantitative estimate of drug-likeness (QED) is 0.786. The molecule has 2 fully saturated rings. The third kappa shape index (κ3) is 3.20. The Hall–Kier alpha value is -0.390. The third-order valence-corrected chi connectivity index (χ3v) is 5.46. The van der Waals surface area contributed by atoms with Crippen LogP contribution in [0.5, 0.6) is 0 Å². The predicted octanol–water partition coefficient (Wildman–Crippen LogP) is 4.37. The molecule has 1 aromatic heterocycles. The largest absolute Gasteiger partial charge is 0.383 e. The topological polar surface area (TPSA) is 51.8 Å². The van der Waals surface area contributed by atoms with Crippen LogP contribution in [-0.4, -0.2) is 9.97 Å². The fraction of sp³-hybridized carbons (Fsp3) is 0.733. The Morgan fingerprint density at radius 2 is 1.47 bits per heavy atom. The van der Waals surface area contributed by atoms with Gasteiger partial charge in [-0.05, 0) is 48.3 Å². The van der Waals surface area contributed by atoms with Gasteiger partial charge in [0, 0.05) is 11.8 Å². The number of nitrogen functional groups attached to an aromatic ring is 1. The van der Waals surface area contributed by atoms with Crippen molar-refractivity contribution in [3.8, 4) is 0 Å². The van der Waals surface area contributed by atoms with Crippen LogP contribution in [0.25, 0.3) is 0 Å². The van der Waals surface area contributed by atoms with Gasteiger partial charge in [0.25, 0.3) is 0 Å². The number of hydrogen-bond acceptors (Lipinski definition) is 3. The molecule has 1 heterocycles. The van der Waals surface area contributed by atoms with Crippen molar-refractivity contribution < 1.29 is 0 Å². The second-order valence-electron chi connectivity index (χ2n) is 5.98. The Bertz CT molecular complexity index is 449. The summed E-state index contributed by atoms with van der Waals surface area (Å²) >= 11 is 2.31. The van der Waals surface area contributed by atoms with Crippen LogP contribution in [0.3, 0.4) is 0 Å². The molecule has 0 spiro atoms. The highest BCUT2D eigenvalue weighted by Crippen LogP contribution is 2.42. The van der Waals surface area contributed by atoms with Gasteiger partial charge in [0.1, 0.15) is 11.6 Å². The lowest BCUT2D eigenvalue weighted by atomic mass is 9.90. The highest BCUT2D eigenvalue weighted by Gasteiger charge is 2.30. The van der Waals surface area contributed by atoms with Crippen LogP contribution in [0.1, 0.15) is 81.1 Å². The number of hydrogen-bond donors (Lipinski definition) is 1. The lowest BCUT2D eigenvalue weighted by molar-refractivity contribution is 0.441. The lowest BCUT2D eigenvalue weighted by Crippen LogP contribution is -2.12. The van der Waals surface area contributed by atoms with Crippen LogP contribution in [0.15, 0.2) is 0 Å². The third-order valence-electron chi connectivity index (χ3n) is 4.35. The van der Waals surface area contributed by atoms with E-state index in [1.165, 1.54) is 63.5 Å². The first-order valence-electron chi connectivity index (χ1n) is 7.58. The van der Waals surface area contributed by atoms with Gasteiger partial charge in [-0.3, -0.25) is 0 Å². The van der Waals surface area contributed by atoms with Crippen LogP contribution in [0, 0.1) is 3.57 Å². The van der Waals surface area contributed by atoms with E-state index in [4.69, 9.17) is 10.7 Å². The van der Waals surface area contributed by atoms with Crippen LogP contribution < -0.4 is 5.73 Å². The number of nitrogens with zero attached hydrogens (tertiary/aromatic N) is 2. The average molecular weight is 371 g/mol. The minimum absolute atomic E-state index is 0.539. The van der Waals surface area contributed by atoms with Crippen LogP contribution in [0.4, 0.5) is 5.82 Å². The smallest absolute Gasteiger partial charge is 0.140 e. The Balaban J connectivity index is 1.86. The molecule has 0 aliphatic heterocycles. The first-order valence-corrected chi connectivity index (χ1v) is 8.66. The summed E-state index contributed by atoms with van der Waals surface area (Å²) in [4.78, 5) is 9.49. The van der Waals surface area contributed by atoms with Crippen molar-refractivity contribution in [3.05, 3.63) is 15.1 Å². The van der Waals surface area contributed by atoms with E-state index in [2.05, 4.69) is 27.6 Å². The minimum atomic E-state index is 0.539. The summed E-state index contributed by atoms with van der Waals surface area (Å²) in [5.74, 6) is 2.93. The van der Waals surface area contributed by atoms with E-state index < -0.39 is 0 Å². The van der Waals surface area contributed by atoms with Gasteiger partial charge in [-0.2, -0.15) is 0 Å². The Labute approximate surface area is 128 Å². The lowest BCUT2D eigenvalue weighted by Gasteiger charge is -2.19.